The predicted octanol–water partition coefficient (Wildman–Crippen LogP) is 4.97. The monoisotopic (exact) mass is 486 g/mol. The number of para-hydroxylation sites is 1. The highest BCUT2D eigenvalue weighted by Gasteiger charge is 2.32. The molecule has 3 heterocycles. The van der Waals surface area contributed by atoms with E-state index in [0.29, 0.717) is 24.0 Å². The average molecular weight is 487 g/mol. The third kappa shape index (κ3) is 4.30. The van der Waals surface area contributed by atoms with E-state index in [9.17, 15) is 9.59 Å². The van der Waals surface area contributed by atoms with Crippen LogP contribution in [0, 0.1) is 13.8 Å². The average Bonchev–Trinajstić information content (AvgIpc) is 3.39. The number of thiophene rings is 1. The minimum Gasteiger partial charge on any atom is -0.333 e. The third-order valence-electron chi connectivity index (χ3n) is 6.97. The SMILES string of the molecule is Cc1ccc(-n2c(C(C)N3CCN(C(=O)c4cccs4)C(C)C3)nc3ccccc3c2=O)c(C)c1. The van der Waals surface area contributed by atoms with Gasteiger partial charge >= 0.3 is 0 Å². The molecule has 4 aromatic rings. The summed E-state index contributed by atoms with van der Waals surface area (Å²) >= 11 is 1.48. The molecule has 0 N–H and O–H groups in total. The third-order valence-corrected chi connectivity index (χ3v) is 7.83. The van der Waals surface area contributed by atoms with Crippen molar-refractivity contribution >= 4 is 28.1 Å². The van der Waals surface area contributed by atoms with Crippen LogP contribution in [0.25, 0.3) is 16.6 Å². The lowest BCUT2D eigenvalue weighted by molar-refractivity contribution is 0.0398. The van der Waals surface area contributed by atoms with Crippen molar-refractivity contribution in [2.24, 2.45) is 0 Å². The maximum Gasteiger partial charge on any atom is 0.266 e. The van der Waals surface area contributed by atoms with Crippen molar-refractivity contribution in [1.29, 1.82) is 0 Å². The Morgan fingerprint density at radius 3 is 2.60 bits per heavy atom. The van der Waals surface area contributed by atoms with Crippen molar-refractivity contribution < 1.29 is 4.79 Å². The Morgan fingerprint density at radius 1 is 1.09 bits per heavy atom. The molecule has 1 saturated heterocycles. The van der Waals surface area contributed by atoms with Gasteiger partial charge in [-0.05, 0) is 62.9 Å². The van der Waals surface area contributed by atoms with Crippen molar-refractivity contribution in [1.82, 2.24) is 19.4 Å². The smallest absolute Gasteiger partial charge is 0.266 e. The van der Waals surface area contributed by atoms with E-state index in [1.165, 1.54) is 11.3 Å². The standard InChI is InChI=1S/C28H30N4O2S/c1-18-11-12-24(19(2)16-18)32-26(29-23-9-6-5-8-22(23)27(32)33)21(4)30-13-14-31(20(3)17-30)28(34)25-10-7-15-35-25/h5-12,15-16,20-21H,13-14,17H2,1-4H3. The van der Waals surface area contributed by atoms with E-state index >= 15 is 0 Å². The molecule has 2 aromatic heterocycles. The highest BCUT2D eigenvalue weighted by atomic mass is 32.1. The Kier molecular flexibility index (Phi) is 6.30. The van der Waals surface area contributed by atoms with Crippen LogP contribution in [0.2, 0.25) is 0 Å². The maximum atomic E-state index is 13.8. The number of piperazine rings is 1. The number of benzene rings is 2. The quantitative estimate of drug-likeness (QED) is 0.409. The number of rotatable bonds is 4. The van der Waals surface area contributed by atoms with Gasteiger partial charge in [-0.1, -0.05) is 35.9 Å². The largest absolute Gasteiger partial charge is 0.333 e. The number of aryl methyl sites for hydroxylation is 2. The second-order valence-corrected chi connectivity index (χ2v) is 10.4. The fourth-order valence-electron chi connectivity index (χ4n) is 5.06. The highest BCUT2D eigenvalue weighted by molar-refractivity contribution is 7.12. The first-order valence-corrected chi connectivity index (χ1v) is 12.9. The van der Waals surface area contributed by atoms with Gasteiger partial charge < -0.3 is 4.90 Å². The summed E-state index contributed by atoms with van der Waals surface area (Å²) in [7, 11) is 0. The second kappa shape index (κ2) is 9.40. The zero-order chi connectivity index (χ0) is 24.7. The van der Waals surface area contributed by atoms with Crippen molar-refractivity contribution in [3.63, 3.8) is 0 Å². The molecular weight excluding hydrogens is 456 g/mol. The lowest BCUT2D eigenvalue weighted by atomic mass is 10.1. The van der Waals surface area contributed by atoms with Crippen LogP contribution < -0.4 is 5.56 Å². The van der Waals surface area contributed by atoms with Gasteiger partial charge in [0.05, 0.1) is 27.5 Å². The molecule has 0 bridgehead atoms. The van der Waals surface area contributed by atoms with E-state index in [2.05, 4.69) is 31.7 Å². The zero-order valence-corrected chi connectivity index (χ0v) is 21.4. The summed E-state index contributed by atoms with van der Waals surface area (Å²) in [4.78, 5) is 36.8. The molecule has 180 valence electrons. The summed E-state index contributed by atoms with van der Waals surface area (Å²) in [6.45, 7) is 10.4. The van der Waals surface area contributed by atoms with Crippen molar-refractivity contribution in [3.8, 4) is 5.69 Å². The van der Waals surface area contributed by atoms with E-state index in [1.54, 1.807) is 4.57 Å². The number of carbonyl (C=O) groups is 1. The summed E-state index contributed by atoms with van der Waals surface area (Å²) in [5.41, 5.74) is 3.71. The molecule has 5 rings (SSSR count). The Morgan fingerprint density at radius 2 is 1.89 bits per heavy atom. The minimum atomic E-state index is -0.102. The molecule has 0 saturated carbocycles. The molecular formula is C28H30N4O2S. The molecule has 7 heteroatoms. The molecule has 2 aromatic carbocycles. The Balaban J connectivity index is 1.53. The van der Waals surface area contributed by atoms with Crippen LogP contribution in [0.3, 0.4) is 0 Å². The molecule has 2 unspecified atom stereocenters. The summed E-state index contributed by atoms with van der Waals surface area (Å²) in [5, 5.41) is 2.55. The molecule has 1 aliphatic rings. The minimum absolute atomic E-state index is 0.0519. The lowest BCUT2D eigenvalue weighted by Gasteiger charge is -2.42. The second-order valence-electron chi connectivity index (χ2n) is 9.41. The molecule has 0 radical (unpaired) electrons. The zero-order valence-electron chi connectivity index (χ0n) is 20.6. The van der Waals surface area contributed by atoms with Crippen LogP contribution in [0.15, 0.2) is 64.8 Å². The molecule has 2 atom stereocenters. The van der Waals surface area contributed by atoms with E-state index in [0.717, 1.165) is 34.1 Å². The predicted molar refractivity (Wildman–Crippen MR) is 142 cm³/mol. The van der Waals surface area contributed by atoms with Crippen molar-refractivity contribution in [2.45, 2.75) is 39.8 Å². The Hall–Kier alpha value is -3.29. The van der Waals surface area contributed by atoms with E-state index in [-0.39, 0.29) is 23.6 Å². The number of amides is 1. The van der Waals surface area contributed by atoms with Crippen LogP contribution in [-0.2, 0) is 0 Å². The first kappa shape index (κ1) is 23.5. The topological polar surface area (TPSA) is 58.4 Å². The Bertz CT molecular complexity index is 1440. The van der Waals surface area contributed by atoms with Crippen LogP contribution in [0.1, 0.15) is 46.5 Å². The normalized spacial score (nSPS) is 17.6. The number of fused-ring (bicyclic) bond motifs is 1. The number of carbonyl (C=O) groups excluding carboxylic acids is 1. The van der Waals surface area contributed by atoms with Gasteiger partial charge in [-0.2, -0.15) is 0 Å². The lowest BCUT2D eigenvalue weighted by Crippen LogP contribution is -2.54. The summed E-state index contributed by atoms with van der Waals surface area (Å²) in [5.74, 6) is 0.821. The van der Waals surface area contributed by atoms with Gasteiger partial charge in [-0.15, -0.1) is 11.3 Å². The fourth-order valence-corrected chi connectivity index (χ4v) is 5.74. The van der Waals surface area contributed by atoms with Crippen LogP contribution in [0.4, 0.5) is 0 Å². The van der Waals surface area contributed by atoms with Gasteiger partial charge in [0.2, 0.25) is 0 Å². The Labute approximate surface area is 209 Å². The van der Waals surface area contributed by atoms with Gasteiger partial charge in [-0.3, -0.25) is 19.1 Å². The van der Waals surface area contributed by atoms with Gasteiger partial charge in [0, 0.05) is 25.7 Å². The number of hydrogen-bond donors (Lipinski definition) is 0. The van der Waals surface area contributed by atoms with Crippen LogP contribution >= 0.6 is 11.3 Å². The van der Waals surface area contributed by atoms with E-state index < -0.39 is 0 Å². The summed E-state index contributed by atoms with van der Waals surface area (Å²) in [6, 6.07) is 17.5. The fraction of sp³-hybridized carbons (Fsp3) is 0.321. The van der Waals surface area contributed by atoms with E-state index in [1.807, 2.05) is 65.7 Å². The molecule has 0 spiro atoms. The first-order chi connectivity index (χ1) is 16.8. The number of nitrogens with zero attached hydrogens (tertiary/aromatic N) is 4. The first-order valence-electron chi connectivity index (χ1n) is 12.0. The summed E-state index contributed by atoms with van der Waals surface area (Å²) < 4.78 is 1.79. The van der Waals surface area contributed by atoms with Crippen molar-refractivity contribution in [3.05, 3.63) is 92.2 Å². The highest BCUT2D eigenvalue weighted by Crippen LogP contribution is 2.27. The van der Waals surface area contributed by atoms with Crippen LogP contribution in [-0.4, -0.2) is 50.9 Å². The summed E-state index contributed by atoms with van der Waals surface area (Å²) in [6.07, 6.45) is 0. The maximum absolute atomic E-state index is 13.8. The van der Waals surface area contributed by atoms with Crippen LogP contribution in [0.5, 0.6) is 0 Å². The molecule has 6 nitrogen and oxygen atoms in total. The van der Waals surface area contributed by atoms with Gasteiger partial charge in [0.15, 0.2) is 0 Å². The molecule has 1 amide bonds. The number of hydrogen-bond acceptors (Lipinski definition) is 5. The van der Waals surface area contributed by atoms with Crippen molar-refractivity contribution in [2.75, 3.05) is 19.6 Å². The van der Waals surface area contributed by atoms with Gasteiger partial charge in [0.1, 0.15) is 5.82 Å². The molecule has 1 aliphatic heterocycles. The molecule has 1 fully saturated rings. The number of aromatic nitrogens is 2. The van der Waals surface area contributed by atoms with Gasteiger partial charge in [0.25, 0.3) is 11.5 Å². The van der Waals surface area contributed by atoms with E-state index in [4.69, 9.17) is 4.98 Å². The van der Waals surface area contributed by atoms with Gasteiger partial charge in [-0.25, -0.2) is 4.98 Å². The molecule has 35 heavy (non-hydrogen) atoms. The molecule has 0 aliphatic carbocycles.